The Balaban J connectivity index is 1.20. The number of amides is 1. The molecule has 12 heteroatoms. The van der Waals surface area contributed by atoms with Crippen molar-refractivity contribution in [3.05, 3.63) is 152 Å². The van der Waals surface area contributed by atoms with E-state index in [1.165, 1.54) is 0 Å². The van der Waals surface area contributed by atoms with Gasteiger partial charge in [0.2, 0.25) is 0 Å². The Morgan fingerprint density at radius 1 is 0.883 bits per heavy atom. The molecule has 1 aromatic heterocycles. The van der Waals surface area contributed by atoms with Crippen LogP contribution in [0.2, 0.25) is 12.6 Å². The summed E-state index contributed by atoms with van der Waals surface area (Å²) in [5, 5.41) is 22.1. The summed E-state index contributed by atoms with van der Waals surface area (Å²) in [5.74, 6) is 0.0338. The van der Waals surface area contributed by atoms with Crippen molar-refractivity contribution in [2.24, 2.45) is 0 Å². The number of benzene rings is 3. The maximum absolute atomic E-state index is 12.5. The zero-order valence-electron chi connectivity index (χ0n) is 35.2. The minimum absolute atomic E-state index is 0.0338. The number of nitrogens with one attached hydrogen (secondary N) is 1. The molecule has 4 aromatic rings. The number of ether oxygens (including phenoxy) is 2. The van der Waals surface area contributed by atoms with Crippen LogP contribution in [-0.2, 0) is 24.9 Å². The molecule has 0 radical (unpaired) electrons. The van der Waals surface area contributed by atoms with Crippen LogP contribution in [0.5, 0.6) is 0 Å². The lowest BCUT2D eigenvalue weighted by Gasteiger charge is -2.31. The highest BCUT2D eigenvalue weighted by atomic mass is 32.1. The molecule has 0 aliphatic carbocycles. The fraction of sp³-hybridized carbons (Fsp3) is 0.292. The van der Waals surface area contributed by atoms with Crippen LogP contribution in [0.3, 0.4) is 0 Å². The number of hydrogen-bond donors (Lipinski definition) is 1. The summed E-state index contributed by atoms with van der Waals surface area (Å²) >= 11 is 1.60. The lowest BCUT2D eigenvalue weighted by Crippen LogP contribution is -2.43. The van der Waals surface area contributed by atoms with Crippen LogP contribution in [0, 0.1) is 29.2 Å². The van der Waals surface area contributed by atoms with Crippen molar-refractivity contribution in [2.45, 2.75) is 85.0 Å². The molecule has 308 valence electrons. The van der Waals surface area contributed by atoms with Crippen molar-refractivity contribution in [1.29, 1.82) is 10.5 Å². The molecule has 0 unspecified atom stereocenters. The van der Waals surface area contributed by atoms with Gasteiger partial charge < -0.3 is 28.5 Å². The van der Waals surface area contributed by atoms with Gasteiger partial charge in [0.25, 0.3) is 0 Å². The Kier molecular flexibility index (Phi) is 15.5. The highest BCUT2D eigenvalue weighted by Gasteiger charge is 2.38. The molecule has 0 saturated heterocycles. The zero-order valence-corrected chi connectivity index (χ0v) is 37.0. The molecule has 1 amide bonds. The highest BCUT2D eigenvalue weighted by Crippen LogP contribution is 2.41. The molecule has 1 aliphatic heterocycles. The van der Waals surface area contributed by atoms with Gasteiger partial charge in [-0.3, -0.25) is 0 Å². The maximum atomic E-state index is 12.5. The normalized spacial score (nSPS) is 14.6. The second-order valence-corrected chi connectivity index (χ2v) is 19.7. The van der Waals surface area contributed by atoms with E-state index in [0.29, 0.717) is 12.1 Å². The summed E-state index contributed by atoms with van der Waals surface area (Å²) in [5.41, 5.74) is 4.61. The van der Waals surface area contributed by atoms with Crippen molar-refractivity contribution >= 4 is 61.3 Å². The van der Waals surface area contributed by atoms with Gasteiger partial charge in [0.1, 0.15) is 18.3 Å². The summed E-state index contributed by atoms with van der Waals surface area (Å²) in [6.45, 7) is 21.7. The first-order valence-corrected chi connectivity index (χ1v) is 23.2. The fourth-order valence-electron chi connectivity index (χ4n) is 6.81. The van der Waals surface area contributed by atoms with E-state index in [0.717, 1.165) is 50.4 Å². The lowest BCUT2D eigenvalue weighted by molar-refractivity contribution is 0.0953. The van der Waals surface area contributed by atoms with Gasteiger partial charge in [0.05, 0.1) is 18.2 Å². The number of hydrogen-bond acceptors (Lipinski definition) is 9. The van der Waals surface area contributed by atoms with Crippen LogP contribution < -0.4 is 10.2 Å². The first-order valence-electron chi connectivity index (χ1n) is 19.9. The summed E-state index contributed by atoms with van der Waals surface area (Å²) in [6, 6.07) is 35.3. The van der Waals surface area contributed by atoms with Crippen LogP contribution in [0.4, 0.5) is 21.9 Å². The van der Waals surface area contributed by atoms with E-state index in [1.807, 2.05) is 114 Å². The summed E-state index contributed by atoms with van der Waals surface area (Å²) in [4.78, 5) is 20.0. The maximum Gasteiger partial charge on any atom is 0.407 e. The monoisotopic (exact) mass is 837 g/mol. The minimum Gasteiger partial charge on any atom is -0.492 e. The SMILES string of the molecule is [C-]#[N+]/C(C#N)=C1\OC(C)(C)C(/C=C/c2ccc(/C=C/c3ccc(N(c4ccccc4)c4ccc(COC(=O)NCCC[Si](C)(OC(C)C)OC(C)C)cc4)cc3)s2)=C1C#N. The molecule has 1 N–H and O–H groups in total. The fourth-order valence-corrected chi connectivity index (χ4v) is 10.7. The molecule has 5 rings (SSSR count). The minimum atomic E-state index is -2.34. The Morgan fingerprint density at radius 2 is 1.47 bits per heavy atom. The van der Waals surface area contributed by atoms with Crippen molar-refractivity contribution in [2.75, 3.05) is 11.4 Å². The Labute approximate surface area is 359 Å². The van der Waals surface area contributed by atoms with Gasteiger partial charge in [-0.1, -0.05) is 54.6 Å². The van der Waals surface area contributed by atoms with E-state index >= 15 is 0 Å². The van der Waals surface area contributed by atoms with Crippen LogP contribution >= 0.6 is 11.3 Å². The number of nitriles is 2. The Morgan fingerprint density at radius 3 is 2.03 bits per heavy atom. The third-order valence-electron chi connectivity index (χ3n) is 9.33. The molecule has 10 nitrogen and oxygen atoms in total. The van der Waals surface area contributed by atoms with E-state index in [4.69, 9.17) is 24.9 Å². The van der Waals surface area contributed by atoms with Gasteiger partial charge in [-0.05, 0) is 132 Å². The lowest BCUT2D eigenvalue weighted by atomic mass is 9.95. The van der Waals surface area contributed by atoms with Gasteiger partial charge in [0.15, 0.2) is 5.76 Å². The summed E-state index contributed by atoms with van der Waals surface area (Å²) < 4.78 is 23.7. The molecule has 1 aliphatic rings. The van der Waals surface area contributed by atoms with Crippen molar-refractivity contribution < 1.29 is 23.1 Å². The topological polar surface area (TPSA) is 121 Å². The standard InChI is InChI=1S/C48H51N5O5SSi/c1-34(2)57-60(8,58-35(3)4)30-12-29-52-47(54)55-33-37-17-22-40(23-18-37)53(38-13-10-9-11-14-38)39-20-15-36(16-21-39)19-24-41-25-26-42(59-41)27-28-44-43(31-49)46(45(32-50)51-7)56-48(44,5)6/h9-11,13-28,34-35H,12,29-30,33H2,1-6,8H3,(H,52,54)/b24-19+,28-27+,46-45-. The van der Waals surface area contributed by atoms with Crippen molar-refractivity contribution in [3.8, 4) is 12.1 Å². The molecule has 0 saturated carbocycles. The van der Waals surface area contributed by atoms with E-state index in [9.17, 15) is 15.3 Å². The molecule has 0 atom stereocenters. The van der Waals surface area contributed by atoms with Gasteiger partial charge in [-0.25, -0.2) is 14.9 Å². The first-order chi connectivity index (χ1) is 28.7. The quantitative estimate of drug-likeness (QED) is 0.0483. The van der Waals surface area contributed by atoms with Crippen molar-refractivity contribution in [3.63, 3.8) is 0 Å². The van der Waals surface area contributed by atoms with Gasteiger partial charge in [-0.2, -0.15) is 5.26 Å². The largest absolute Gasteiger partial charge is 0.492 e. The van der Waals surface area contributed by atoms with E-state index in [2.05, 4.69) is 76.2 Å². The molecule has 0 bridgehead atoms. The molecular formula is C48H51N5O5SSi. The average molecular weight is 838 g/mol. The third kappa shape index (κ3) is 12.2. The number of allylic oxidation sites excluding steroid dienone is 2. The van der Waals surface area contributed by atoms with E-state index in [1.54, 1.807) is 11.3 Å². The number of alkyl carbamates (subject to hydrolysis) is 1. The second kappa shape index (κ2) is 20.7. The number of thiophene rings is 1. The highest BCUT2D eigenvalue weighted by molar-refractivity contribution is 7.13. The summed E-state index contributed by atoms with van der Waals surface area (Å²) in [7, 11) is -2.34. The number of nitrogens with zero attached hydrogens (tertiary/aromatic N) is 4. The molecule has 3 aromatic carbocycles. The predicted octanol–water partition coefficient (Wildman–Crippen LogP) is 12.2. The number of rotatable bonds is 17. The van der Waals surface area contributed by atoms with Crippen LogP contribution in [0.25, 0.3) is 23.1 Å². The van der Waals surface area contributed by atoms with E-state index in [-0.39, 0.29) is 35.8 Å². The zero-order chi connectivity index (χ0) is 43.3. The second-order valence-electron chi connectivity index (χ2n) is 15.3. The van der Waals surface area contributed by atoms with Crippen LogP contribution in [0.1, 0.15) is 68.8 Å². The number of para-hydroxylation sites is 1. The van der Waals surface area contributed by atoms with Crippen molar-refractivity contribution in [1.82, 2.24) is 5.32 Å². The number of anilines is 3. The average Bonchev–Trinajstić information content (AvgIpc) is 3.78. The molecule has 0 spiro atoms. The van der Waals surface area contributed by atoms with E-state index < -0.39 is 20.3 Å². The van der Waals surface area contributed by atoms with Crippen LogP contribution in [0.15, 0.2) is 120 Å². The first kappa shape index (κ1) is 44.9. The molecule has 60 heavy (non-hydrogen) atoms. The summed E-state index contributed by atoms with van der Waals surface area (Å²) in [6.07, 6.45) is 8.34. The van der Waals surface area contributed by atoms with Gasteiger partial charge in [-0.15, -0.1) is 11.3 Å². The smallest absolute Gasteiger partial charge is 0.407 e. The van der Waals surface area contributed by atoms with Gasteiger partial charge >= 0.3 is 20.4 Å². The molecular weight excluding hydrogens is 787 g/mol. The number of carbonyl (C=O) groups is 1. The molecule has 2 heterocycles. The van der Waals surface area contributed by atoms with Crippen LogP contribution in [-0.4, -0.2) is 39.0 Å². The number of carbonyl (C=O) groups excluding carboxylic acids is 1. The third-order valence-corrected chi connectivity index (χ3v) is 13.5. The predicted molar refractivity (Wildman–Crippen MR) is 242 cm³/mol. The molecule has 0 fully saturated rings. The Hall–Kier alpha value is -6.20. The Bertz CT molecular complexity index is 2330. The van der Waals surface area contributed by atoms with Gasteiger partial charge in [0, 0.05) is 51.1 Å².